The van der Waals surface area contributed by atoms with Crippen molar-refractivity contribution < 1.29 is 28.2 Å². The molecule has 0 radical (unpaired) electrons. The first-order valence-electron chi connectivity index (χ1n) is 8.06. The predicted molar refractivity (Wildman–Crippen MR) is 91.6 cm³/mol. The Labute approximate surface area is 152 Å². The van der Waals surface area contributed by atoms with E-state index >= 15 is 0 Å². The molecule has 26 heavy (non-hydrogen) atoms. The molecule has 1 aromatic heterocycles. The fourth-order valence-electron chi connectivity index (χ4n) is 2.41. The van der Waals surface area contributed by atoms with Crippen LogP contribution in [0.4, 0.5) is 4.39 Å². The van der Waals surface area contributed by atoms with Gasteiger partial charge in [0, 0.05) is 6.54 Å². The van der Waals surface area contributed by atoms with Gasteiger partial charge in [0.05, 0.1) is 23.2 Å². The highest BCUT2D eigenvalue weighted by molar-refractivity contribution is 7.16. The van der Waals surface area contributed by atoms with Crippen LogP contribution >= 0.6 is 11.3 Å². The van der Waals surface area contributed by atoms with Crippen LogP contribution in [-0.2, 0) is 30.3 Å². The van der Waals surface area contributed by atoms with E-state index in [1.165, 1.54) is 18.4 Å². The van der Waals surface area contributed by atoms with Crippen molar-refractivity contribution in [3.05, 3.63) is 40.8 Å². The number of amides is 1. The number of fused-ring (bicyclic) bond motifs is 1. The zero-order valence-corrected chi connectivity index (χ0v) is 14.9. The maximum Gasteiger partial charge on any atom is 0.317 e. The summed E-state index contributed by atoms with van der Waals surface area (Å²) in [6.07, 6.45) is 1.34. The normalized spacial score (nSPS) is 14.5. The Bertz CT molecular complexity index is 931. The highest BCUT2D eigenvalue weighted by Gasteiger charge is 2.16. The van der Waals surface area contributed by atoms with E-state index < -0.39 is 5.91 Å². The van der Waals surface area contributed by atoms with E-state index in [-0.39, 0.29) is 37.1 Å². The topological polar surface area (TPSA) is 79.1 Å². The van der Waals surface area contributed by atoms with Crippen molar-refractivity contribution in [2.24, 2.45) is 4.99 Å². The maximum absolute atomic E-state index is 13.5. The van der Waals surface area contributed by atoms with Gasteiger partial charge < -0.3 is 18.8 Å². The van der Waals surface area contributed by atoms with Crippen LogP contribution in [0.5, 0.6) is 0 Å². The molecule has 0 saturated heterocycles. The highest BCUT2D eigenvalue weighted by atomic mass is 32.1. The summed E-state index contributed by atoms with van der Waals surface area (Å²) in [5.74, 6) is -1.33. The Kier molecular flexibility index (Phi) is 5.67. The molecule has 2 heterocycles. The molecule has 138 valence electrons. The Balaban J connectivity index is 1.98. The molecule has 0 bridgehead atoms. The molecule has 0 atom stereocenters. The summed E-state index contributed by atoms with van der Waals surface area (Å²) in [7, 11) is 0. The number of aryl methyl sites for hydroxylation is 1. The van der Waals surface area contributed by atoms with Crippen molar-refractivity contribution in [2.45, 2.75) is 19.9 Å². The van der Waals surface area contributed by atoms with Gasteiger partial charge in [-0.1, -0.05) is 11.3 Å². The van der Waals surface area contributed by atoms with Crippen LogP contribution in [0.15, 0.2) is 35.2 Å². The van der Waals surface area contributed by atoms with Gasteiger partial charge in [-0.25, -0.2) is 4.39 Å². The number of carbonyl (C=O) groups is 2. The van der Waals surface area contributed by atoms with Gasteiger partial charge >= 0.3 is 11.9 Å². The molecule has 0 unspecified atom stereocenters. The van der Waals surface area contributed by atoms with Crippen LogP contribution in [0.1, 0.15) is 13.3 Å². The minimum atomic E-state index is -0.596. The lowest BCUT2D eigenvalue weighted by atomic mass is 10.3. The SMILES string of the molecule is CCOC(=O)CCn1c(=NC(=O)C2=COCCO2)sc2cc(F)ccc21. The van der Waals surface area contributed by atoms with Crippen molar-refractivity contribution in [3.63, 3.8) is 0 Å². The zero-order valence-electron chi connectivity index (χ0n) is 14.1. The first-order chi connectivity index (χ1) is 12.6. The molecule has 2 aromatic rings. The summed E-state index contributed by atoms with van der Waals surface area (Å²) in [5.41, 5.74) is 0.682. The summed E-state index contributed by atoms with van der Waals surface area (Å²) in [4.78, 5) is 28.4. The van der Waals surface area contributed by atoms with E-state index in [1.807, 2.05) is 0 Å². The molecule has 3 rings (SSSR count). The number of carbonyl (C=O) groups excluding carboxylic acids is 2. The molecule has 0 N–H and O–H groups in total. The molecule has 0 aliphatic carbocycles. The van der Waals surface area contributed by atoms with Crippen molar-refractivity contribution in [1.29, 1.82) is 0 Å². The first-order valence-corrected chi connectivity index (χ1v) is 8.88. The summed E-state index contributed by atoms with van der Waals surface area (Å²) in [6.45, 7) is 2.92. The molecule has 1 aliphatic rings. The van der Waals surface area contributed by atoms with Gasteiger partial charge in [0.25, 0.3) is 0 Å². The quantitative estimate of drug-likeness (QED) is 0.743. The van der Waals surface area contributed by atoms with Crippen LogP contribution < -0.4 is 4.80 Å². The third kappa shape index (κ3) is 4.10. The Morgan fingerprint density at radius 3 is 2.96 bits per heavy atom. The fourth-order valence-corrected chi connectivity index (χ4v) is 3.49. The molecular weight excluding hydrogens is 363 g/mol. The second-order valence-corrected chi connectivity index (χ2v) is 6.33. The Hall–Kier alpha value is -2.68. The molecule has 0 spiro atoms. The van der Waals surface area contributed by atoms with Crippen LogP contribution in [0.25, 0.3) is 10.2 Å². The molecule has 1 aliphatic heterocycles. The van der Waals surface area contributed by atoms with Crippen molar-refractivity contribution >= 4 is 33.4 Å². The lowest BCUT2D eigenvalue weighted by Crippen LogP contribution is -2.21. The molecule has 1 amide bonds. The second kappa shape index (κ2) is 8.13. The minimum absolute atomic E-state index is 0.0110. The molecule has 1 aromatic carbocycles. The van der Waals surface area contributed by atoms with E-state index in [4.69, 9.17) is 14.2 Å². The third-order valence-electron chi connectivity index (χ3n) is 3.55. The van der Waals surface area contributed by atoms with Gasteiger partial charge in [-0.3, -0.25) is 9.59 Å². The smallest absolute Gasteiger partial charge is 0.317 e. The fraction of sp³-hybridized carbons (Fsp3) is 0.353. The molecule has 0 saturated carbocycles. The van der Waals surface area contributed by atoms with Gasteiger partial charge in [-0.05, 0) is 25.1 Å². The molecule has 0 fully saturated rings. The van der Waals surface area contributed by atoms with Gasteiger partial charge in [-0.2, -0.15) is 4.99 Å². The number of rotatable bonds is 5. The standard InChI is InChI=1S/C17H17FN2O5S/c1-2-24-15(21)5-6-20-12-4-3-11(18)9-14(12)26-17(20)19-16(22)13-10-23-7-8-25-13/h3-4,9-10H,2,5-8H2,1H3. The first kappa shape index (κ1) is 18.1. The van der Waals surface area contributed by atoms with E-state index in [1.54, 1.807) is 17.6 Å². The molecule has 7 nitrogen and oxygen atoms in total. The van der Waals surface area contributed by atoms with Gasteiger partial charge in [-0.15, -0.1) is 0 Å². The number of benzene rings is 1. The number of aromatic nitrogens is 1. The van der Waals surface area contributed by atoms with Gasteiger partial charge in [0.1, 0.15) is 25.3 Å². The minimum Gasteiger partial charge on any atom is -0.494 e. The summed E-state index contributed by atoms with van der Waals surface area (Å²) < 4.78 is 31.1. The van der Waals surface area contributed by atoms with E-state index in [9.17, 15) is 14.0 Å². The van der Waals surface area contributed by atoms with Gasteiger partial charge in [0.15, 0.2) is 4.80 Å². The Morgan fingerprint density at radius 2 is 2.23 bits per heavy atom. The highest BCUT2D eigenvalue weighted by Crippen LogP contribution is 2.19. The third-order valence-corrected chi connectivity index (χ3v) is 4.59. The van der Waals surface area contributed by atoms with Crippen LogP contribution in [0, 0.1) is 5.82 Å². The van der Waals surface area contributed by atoms with Crippen molar-refractivity contribution in [3.8, 4) is 0 Å². The lowest BCUT2D eigenvalue weighted by molar-refractivity contribution is -0.143. The monoisotopic (exact) mass is 380 g/mol. The van der Waals surface area contributed by atoms with E-state index in [0.29, 0.717) is 28.2 Å². The van der Waals surface area contributed by atoms with E-state index in [0.717, 1.165) is 11.3 Å². The number of ether oxygens (including phenoxy) is 3. The van der Waals surface area contributed by atoms with Crippen molar-refractivity contribution in [1.82, 2.24) is 4.57 Å². The predicted octanol–water partition coefficient (Wildman–Crippen LogP) is 2.11. The summed E-state index contributed by atoms with van der Waals surface area (Å²) in [5, 5.41) is 0. The van der Waals surface area contributed by atoms with Gasteiger partial charge in [0.2, 0.25) is 5.76 Å². The number of nitrogens with zero attached hydrogens (tertiary/aromatic N) is 2. The lowest BCUT2D eigenvalue weighted by Gasteiger charge is -2.12. The number of halogens is 1. The zero-order chi connectivity index (χ0) is 18.5. The summed E-state index contributed by atoms with van der Waals surface area (Å²) in [6, 6.07) is 4.28. The molecular formula is C17H17FN2O5S. The largest absolute Gasteiger partial charge is 0.494 e. The summed E-state index contributed by atoms with van der Waals surface area (Å²) >= 11 is 1.16. The van der Waals surface area contributed by atoms with Crippen LogP contribution in [-0.4, -0.2) is 36.3 Å². The Morgan fingerprint density at radius 1 is 1.38 bits per heavy atom. The number of hydrogen-bond donors (Lipinski definition) is 0. The van der Waals surface area contributed by atoms with E-state index in [2.05, 4.69) is 4.99 Å². The van der Waals surface area contributed by atoms with Crippen molar-refractivity contribution in [2.75, 3.05) is 19.8 Å². The number of thiazole rings is 1. The van der Waals surface area contributed by atoms with Crippen LogP contribution in [0.3, 0.4) is 0 Å². The van der Waals surface area contributed by atoms with Crippen LogP contribution in [0.2, 0.25) is 0 Å². The average molecular weight is 380 g/mol. The molecule has 9 heteroatoms. The number of esters is 1. The maximum atomic E-state index is 13.5. The number of hydrogen-bond acceptors (Lipinski definition) is 6. The second-order valence-electron chi connectivity index (χ2n) is 5.32. The average Bonchev–Trinajstić information content (AvgIpc) is 2.97.